The highest BCUT2D eigenvalue weighted by molar-refractivity contribution is 7.89. The highest BCUT2D eigenvalue weighted by Crippen LogP contribution is 2.15. The summed E-state index contributed by atoms with van der Waals surface area (Å²) in [5.41, 5.74) is 0.549. The van der Waals surface area contributed by atoms with Gasteiger partial charge in [-0.3, -0.25) is 0 Å². The maximum absolute atomic E-state index is 12.8. The first kappa shape index (κ1) is 13.4. The third-order valence-electron chi connectivity index (χ3n) is 1.84. The SMILES string of the molecule is O=S(=O)(CCO)NCc1ccc(F)c(Cl)c1. The lowest BCUT2D eigenvalue weighted by Crippen LogP contribution is -2.27. The Morgan fingerprint density at radius 3 is 2.69 bits per heavy atom. The van der Waals surface area contributed by atoms with Crippen LogP contribution in [-0.2, 0) is 16.6 Å². The predicted molar refractivity (Wildman–Crippen MR) is 59.1 cm³/mol. The summed E-state index contributed by atoms with van der Waals surface area (Å²) in [5.74, 6) is -0.911. The van der Waals surface area contributed by atoms with Crippen molar-refractivity contribution in [3.63, 3.8) is 0 Å². The van der Waals surface area contributed by atoms with Crippen LogP contribution in [0.3, 0.4) is 0 Å². The number of aliphatic hydroxyl groups is 1. The Morgan fingerprint density at radius 2 is 2.12 bits per heavy atom. The summed E-state index contributed by atoms with van der Waals surface area (Å²) in [6.45, 7) is -0.429. The van der Waals surface area contributed by atoms with Crippen LogP contribution in [0.4, 0.5) is 4.39 Å². The molecule has 0 fully saturated rings. The van der Waals surface area contributed by atoms with Crippen LogP contribution in [0, 0.1) is 5.82 Å². The topological polar surface area (TPSA) is 66.4 Å². The number of rotatable bonds is 5. The molecule has 0 heterocycles. The first-order valence-electron chi connectivity index (χ1n) is 4.47. The molecule has 0 unspecified atom stereocenters. The second-order valence-corrected chi connectivity index (χ2v) is 5.45. The zero-order chi connectivity index (χ0) is 12.2. The maximum atomic E-state index is 12.8. The molecule has 4 nitrogen and oxygen atoms in total. The molecule has 0 aromatic heterocycles. The average molecular weight is 268 g/mol. The quantitative estimate of drug-likeness (QED) is 0.833. The van der Waals surface area contributed by atoms with Gasteiger partial charge in [-0.15, -0.1) is 0 Å². The fourth-order valence-electron chi connectivity index (χ4n) is 1.04. The Balaban J connectivity index is 2.65. The van der Waals surface area contributed by atoms with Crippen LogP contribution in [0.5, 0.6) is 0 Å². The van der Waals surface area contributed by atoms with Gasteiger partial charge in [0.25, 0.3) is 0 Å². The van der Waals surface area contributed by atoms with Gasteiger partial charge >= 0.3 is 0 Å². The van der Waals surface area contributed by atoms with Gasteiger partial charge in [-0.25, -0.2) is 17.5 Å². The van der Waals surface area contributed by atoms with Crippen molar-refractivity contribution < 1.29 is 17.9 Å². The Bertz CT molecular complexity index is 464. The second-order valence-electron chi connectivity index (χ2n) is 3.11. The highest BCUT2D eigenvalue weighted by Gasteiger charge is 2.09. The van der Waals surface area contributed by atoms with Crippen molar-refractivity contribution in [1.29, 1.82) is 0 Å². The van der Waals surface area contributed by atoms with Crippen LogP contribution in [0.15, 0.2) is 18.2 Å². The predicted octanol–water partition coefficient (Wildman–Crippen LogP) is 0.891. The van der Waals surface area contributed by atoms with Crippen molar-refractivity contribution in [1.82, 2.24) is 4.72 Å². The summed E-state index contributed by atoms with van der Waals surface area (Å²) in [6.07, 6.45) is 0. The summed E-state index contributed by atoms with van der Waals surface area (Å²) >= 11 is 5.53. The van der Waals surface area contributed by atoms with E-state index in [2.05, 4.69) is 4.72 Å². The Hall–Kier alpha value is -0.690. The molecular formula is C9H11ClFNO3S. The first-order chi connectivity index (χ1) is 7.44. The van der Waals surface area contributed by atoms with Crippen LogP contribution in [-0.4, -0.2) is 25.9 Å². The van der Waals surface area contributed by atoms with Gasteiger partial charge < -0.3 is 5.11 Å². The molecule has 0 amide bonds. The number of benzene rings is 1. The minimum Gasteiger partial charge on any atom is -0.395 e. The van der Waals surface area contributed by atoms with Gasteiger partial charge in [-0.05, 0) is 17.7 Å². The fraction of sp³-hybridized carbons (Fsp3) is 0.333. The minimum absolute atomic E-state index is 0.0162. The van der Waals surface area contributed by atoms with Crippen LogP contribution in [0.25, 0.3) is 0 Å². The van der Waals surface area contributed by atoms with Gasteiger partial charge in [0.15, 0.2) is 0 Å². The molecule has 1 aromatic carbocycles. The average Bonchev–Trinajstić information content (AvgIpc) is 2.20. The van der Waals surface area contributed by atoms with Gasteiger partial charge in [0.2, 0.25) is 10.0 Å². The fourth-order valence-corrected chi connectivity index (χ4v) is 2.01. The molecule has 0 atom stereocenters. The molecule has 0 aliphatic heterocycles. The van der Waals surface area contributed by atoms with Crippen molar-refractivity contribution in [2.45, 2.75) is 6.54 Å². The third-order valence-corrected chi connectivity index (χ3v) is 3.43. The van der Waals surface area contributed by atoms with Crippen LogP contribution < -0.4 is 4.72 Å². The third kappa shape index (κ3) is 4.05. The molecule has 0 radical (unpaired) electrons. The van der Waals surface area contributed by atoms with Crippen LogP contribution in [0.2, 0.25) is 5.02 Å². The van der Waals surface area contributed by atoms with E-state index in [0.29, 0.717) is 5.56 Å². The number of halogens is 2. The molecular weight excluding hydrogens is 257 g/mol. The summed E-state index contributed by atoms with van der Waals surface area (Å²) < 4.78 is 37.4. The van der Waals surface area contributed by atoms with Gasteiger partial charge in [0.1, 0.15) is 5.82 Å². The highest BCUT2D eigenvalue weighted by atomic mass is 35.5. The summed E-state index contributed by atoms with van der Waals surface area (Å²) in [7, 11) is -3.49. The lowest BCUT2D eigenvalue weighted by Gasteiger charge is -2.05. The van der Waals surface area contributed by atoms with Crippen LogP contribution in [0.1, 0.15) is 5.56 Å². The monoisotopic (exact) mass is 267 g/mol. The largest absolute Gasteiger partial charge is 0.395 e. The van der Waals surface area contributed by atoms with Gasteiger partial charge in [-0.2, -0.15) is 0 Å². The van der Waals surface area contributed by atoms with Crippen molar-refractivity contribution >= 4 is 21.6 Å². The zero-order valence-electron chi connectivity index (χ0n) is 8.28. The normalized spacial score (nSPS) is 11.7. The van der Waals surface area contributed by atoms with Gasteiger partial charge in [0.05, 0.1) is 17.4 Å². The van der Waals surface area contributed by atoms with E-state index in [9.17, 15) is 12.8 Å². The molecule has 1 rings (SSSR count). The lowest BCUT2D eigenvalue weighted by molar-refractivity contribution is 0.319. The zero-order valence-corrected chi connectivity index (χ0v) is 9.85. The second kappa shape index (κ2) is 5.58. The minimum atomic E-state index is -3.49. The standard InChI is InChI=1S/C9H11ClFNO3S/c10-8-5-7(1-2-9(8)11)6-12-16(14,15)4-3-13/h1-2,5,12-13H,3-4,6H2. The van der Waals surface area contributed by atoms with Crippen molar-refractivity contribution in [3.05, 3.63) is 34.6 Å². The van der Waals surface area contributed by atoms with E-state index in [1.54, 1.807) is 0 Å². The molecule has 0 aliphatic rings. The molecule has 90 valence electrons. The number of hydrogen-bond acceptors (Lipinski definition) is 3. The number of sulfonamides is 1. The van der Waals surface area contributed by atoms with E-state index in [4.69, 9.17) is 16.7 Å². The maximum Gasteiger partial charge on any atom is 0.214 e. The molecule has 7 heteroatoms. The summed E-state index contributed by atoms with van der Waals surface area (Å²) in [4.78, 5) is 0. The van der Waals surface area contributed by atoms with Crippen LogP contribution >= 0.6 is 11.6 Å². The van der Waals surface area contributed by atoms with Crippen molar-refractivity contribution in [3.8, 4) is 0 Å². The summed E-state index contributed by atoms with van der Waals surface area (Å²) in [6, 6.07) is 3.94. The van der Waals surface area contributed by atoms with E-state index < -0.39 is 22.4 Å². The molecule has 0 bridgehead atoms. The molecule has 0 spiro atoms. The first-order valence-corrected chi connectivity index (χ1v) is 6.50. The molecule has 2 N–H and O–H groups in total. The van der Waals surface area contributed by atoms with Gasteiger partial charge in [-0.1, -0.05) is 17.7 Å². The molecule has 0 aliphatic carbocycles. The van der Waals surface area contributed by atoms with Crippen molar-refractivity contribution in [2.75, 3.05) is 12.4 Å². The van der Waals surface area contributed by atoms with E-state index in [1.807, 2.05) is 0 Å². The molecule has 16 heavy (non-hydrogen) atoms. The van der Waals surface area contributed by atoms with Gasteiger partial charge in [0, 0.05) is 6.54 Å². The Labute approximate surface area is 98.1 Å². The number of nitrogens with one attached hydrogen (secondary N) is 1. The van der Waals surface area contributed by atoms with Crippen molar-refractivity contribution in [2.24, 2.45) is 0 Å². The molecule has 0 saturated heterocycles. The number of hydrogen-bond donors (Lipinski definition) is 2. The Morgan fingerprint density at radius 1 is 1.44 bits per heavy atom. The molecule has 0 saturated carbocycles. The Kier molecular flexibility index (Phi) is 4.67. The molecule has 1 aromatic rings. The lowest BCUT2D eigenvalue weighted by atomic mass is 10.2. The smallest absolute Gasteiger partial charge is 0.214 e. The van der Waals surface area contributed by atoms with E-state index >= 15 is 0 Å². The summed E-state index contributed by atoms with van der Waals surface area (Å²) in [5, 5.41) is 8.43. The number of aliphatic hydroxyl groups excluding tert-OH is 1. The van der Waals surface area contributed by atoms with E-state index in [0.717, 1.165) is 6.07 Å². The van der Waals surface area contributed by atoms with E-state index in [1.165, 1.54) is 12.1 Å². The van der Waals surface area contributed by atoms with E-state index in [-0.39, 0.29) is 17.3 Å².